The molecule has 30 heavy (non-hydrogen) atoms. The third-order valence-corrected chi connectivity index (χ3v) is 4.50. The van der Waals surface area contributed by atoms with E-state index in [4.69, 9.17) is 19.2 Å². The number of aryl methyl sites for hydroxylation is 1. The van der Waals surface area contributed by atoms with E-state index in [1.54, 1.807) is 14.2 Å². The van der Waals surface area contributed by atoms with E-state index in [1.807, 2.05) is 43.7 Å². The molecule has 2 rings (SSSR count). The van der Waals surface area contributed by atoms with E-state index >= 15 is 0 Å². The number of rotatable bonds is 10. The third kappa shape index (κ3) is 7.05. The lowest BCUT2D eigenvalue weighted by Crippen LogP contribution is -2.30. The molecule has 9 heteroatoms. The van der Waals surface area contributed by atoms with Crippen molar-refractivity contribution in [3.63, 3.8) is 0 Å². The van der Waals surface area contributed by atoms with Crippen LogP contribution in [0.15, 0.2) is 23.2 Å². The minimum atomic E-state index is 0. The highest BCUT2D eigenvalue weighted by Gasteiger charge is 2.12. The van der Waals surface area contributed by atoms with Gasteiger partial charge in [-0.25, -0.2) is 4.99 Å². The molecular formula is C21H34IN5O3. The molecule has 0 bridgehead atoms. The molecule has 8 nitrogen and oxygen atoms in total. The maximum absolute atomic E-state index is 5.66. The summed E-state index contributed by atoms with van der Waals surface area (Å²) in [5.41, 5.74) is 4.10. The number of nitrogens with one attached hydrogen (secondary N) is 2. The molecule has 0 amide bonds. The Hall–Kier alpha value is -2.01. The summed E-state index contributed by atoms with van der Waals surface area (Å²) in [5.74, 6) is 2.10. The number of hydrogen-bond donors (Lipinski definition) is 2. The van der Waals surface area contributed by atoms with Crippen LogP contribution in [-0.2, 0) is 17.8 Å². The lowest BCUT2D eigenvalue weighted by atomic mass is 10.2. The Morgan fingerprint density at radius 1 is 1.17 bits per heavy atom. The Labute approximate surface area is 196 Å². The number of anilines is 1. The number of hydrogen-bond acceptors (Lipinski definition) is 5. The molecule has 0 atom stereocenters. The smallest absolute Gasteiger partial charge is 0.196 e. The molecule has 0 aliphatic carbocycles. The van der Waals surface area contributed by atoms with E-state index in [1.165, 1.54) is 0 Å². The first-order valence-electron chi connectivity index (χ1n) is 9.91. The summed E-state index contributed by atoms with van der Waals surface area (Å²) in [7, 11) is 3.33. The predicted octanol–water partition coefficient (Wildman–Crippen LogP) is 3.75. The number of aliphatic imine (C=N–C) groups is 1. The van der Waals surface area contributed by atoms with Gasteiger partial charge in [0.2, 0.25) is 0 Å². The van der Waals surface area contributed by atoms with E-state index in [9.17, 15) is 0 Å². The van der Waals surface area contributed by atoms with Gasteiger partial charge in [-0.15, -0.1) is 24.0 Å². The maximum atomic E-state index is 5.66. The van der Waals surface area contributed by atoms with E-state index < -0.39 is 0 Å². The second kappa shape index (κ2) is 13.3. The highest BCUT2D eigenvalue weighted by Crippen LogP contribution is 2.30. The van der Waals surface area contributed by atoms with E-state index in [-0.39, 0.29) is 24.0 Å². The van der Waals surface area contributed by atoms with Gasteiger partial charge in [0.1, 0.15) is 0 Å². The zero-order valence-corrected chi connectivity index (χ0v) is 21.1. The highest BCUT2D eigenvalue weighted by atomic mass is 127. The van der Waals surface area contributed by atoms with Crippen molar-refractivity contribution in [3.8, 4) is 11.5 Å². The standard InChI is InChI=1S/C21H33N5O3.HI/c1-7-22-21(24-17-9-10-19(28-6)20(13-17)29-8-2)23-14-18-15(3)25-26(16(18)4)11-12-27-5;/h9-10,13H,7-8,11-12,14H2,1-6H3,(H2,22,23,24);1H. The van der Waals surface area contributed by atoms with Gasteiger partial charge < -0.3 is 24.8 Å². The van der Waals surface area contributed by atoms with Crippen LogP contribution < -0.4 is 20.1 Å². The highest BCUT2D eigenvalue weighted by molar-refractivity contribution is 14.0. The van der Waals surface area contributed by atoms with Crippen molar-refractivity contribution in [2.75, 3.05) is 39.3 Å². The molecule has 2 N–H and O–H groups in total. The topological polar surface area (TPSA) is 81.9 Å². The monoisotopic (exact) mass is 531 g/mol. The molecule has 0 saturated carbocycles. The fourth-order valence-electron chi connectivity index (χ4n) is 2.98. The van der Waals surface area contributed by atoms with Gasteiger partial charge in [-0.1, -0.05) is 0 Å². The number of aromatic nitrogens is 2. The summed E-state index contributed by atoms with van der Waals surface area (Å²) in [4.78, 5) is 4.75. The van der Waals surface area contributed by atoms with Gasteiger partial charge in [0.05, 0.1) is 39.1 Å². The zero-order valence-electron chi connectivity index (χ0n) is 18.7. The lowest BCUT2D eigenvalue weighted by molar-refractivity contribution is 0.182. The molecule has 0 unspecified atom stereocenters. The second-order valence-corrected chi connectivity index (χ2v) is 6.48. The van der Waals surface area contributed by atoms with Crippen LogP contribution in [0.2, 0.25) is 0 Å². The molecule has 0 aliphatic heterocycles. The van der Waals surface area contributed by atoms with Crippen LogP contribution in [0.25, 0.3) is 0 Å². The van der Waals surface area contributed by atoms with Gasteiger partial charge in [-0.2, -0.15) is 5.10 Å². The zero-order chi connectivity index (χ0) is 21.2. The predicted molar refractivity (Wildman–Crippen MR) is 132 cm³/mol. The minimum absolute atomic E-state index is 0. The van der Waals surface area contributed by atoms with Crippen LogP contribution in [0.5, 0.6) is 11.5 Å². The molecule has 1 aromatic carbocycles. The van der Waals surface area contributed by atoms with Crippen LogP contribution in [0, 0.1) is 13.8 Å². The van der Waals surface area contributed by atoms with Crippen LogP contribution in [0.4, 0.5) is 5.69 Å². The first kappa shape index (κ1) is 26.0. The molecule has 0 fully saturated rings. The number of nitrogens with zero attached hydrogens (tertiary/aromatic N) is 3. The van der Waals surface area contributed by atoms with Crippen LogP contribution in [0.1, 0.15) is 30.8 Å². The summed E-state index contributed by atoms with van der Waals surface area (Å²) in [6.45, 7) is 11.3. The molecule has 0 saturated heterocycles. The van der Waals surface area contributed by atoms with Gasteiger partial charge in [0.15, 0.2) is 17.5 Å². The van der Waals surface area contributed by atoms with Gasteiger partial charge in [-0.3, -0.25) is 4.68 Å². The summed E-state index contributed by atoms with van der Waals surface area (Å²) < 4.78 is 18.1. The van der Waals surface area contributed by atoms with E-state index in [0.717, 1.165) is 35.7 Å². The van der Waals surface area contributed by atoms with Crippen molar-refractivity contribution in [1.82, 2.24) is 15.1 Å². The van der Waals surface area contributed by atoms with Crippen LogP contribution in [-0.4, -0.2) is 49.7 Å². The molecule has 1 aromatic heterocycles. The van der Waals surface area contributed by atoms with Crippen LogP contribution in [0.3, 0.4) is 0 Å². The van der Waals surface area contributed by atoms with Crippen molar-refractivity contribution in [2.24, 2.45) is 4.99 Å². The summed E-state index contributed by atoms with van der Waals surface area (Å²) >= 11 is 0. The number of guanidine groups is 1. The number of ether oxygens (including phenoxy) is 3. The fraction of sp³-hybridized carbons (Fsp3) is 0.524. The lowest BCUT2D eigenvalue weighted by Gasteiger charge is -2.14. The minimum Gasteiger partial charge on any atom is -0.493 e. The van der Waals surface area contributed by atoms with Gasteiger partial charge in [-0.05, 0) is 39.8 Å². The molecule has 0 aliphatic rings. The number of benzene rings is 1. The third-order valence-electron chi connectivity index (χ3n) is 4.50. The second-order valence-electron chi connectivity index (χ2n) is 6.48. The molecular weight excluding hydrogens is 497 g/mol. The Morgan fingerprint density at radius 2 is 1.93 bits per heavy atom. The van der Waals surface area contributed by atoms with E-state index in [2.05, 4.69) is 22.7 Å². The molecule has 0 spiro atoms. The Balaban J connectivity index is 0.00000450. The van der Waals surface area contributed by atoms with Gasteiger partial charge in [0.25, 0.3) is 0 Å². The summed E-state index contributed by atoms with van der Waals surface area (Å²) in [6, 6.07) is 5.73. The van der Waals surface area contributed by atoms with E-state index in [0.29, 0.717) is 37.2 Å². The van der Waals surface area contributed by atoms with Crippen molar-refractivity contribution in [3.05, 3.63) is 35.2 Å². The van der Waals surface area contributed by atoms with Crippen molar-refractivity contribution >= 4 is 35.6 Å². The average Bonchev–Trinajstić information content (AvgIpc) is 2.98. The van der Waals surface area contributed by atoms with Crippen molar-refractivity contribution in [2.45, 2.75) is 40.8 Å². The number of methoxy groups -OCH3 is 2. The Kier molecular flexibility index (Phi) is 11.6. The molecule has 0 radical (unpaired) electrons. The first-order chi connectivity index (χ1) is 14.0. The number of halogens is 1. The fourth-order valence-corrected chi connectivity index (χ4v) is 2.98. The van der Waals surface area contributed by atoms with Gasteiger partial charge in [0, 0.05) is 36.7 Å². The SMILES string of the molecule is CCNC(=NCc1c(C)nn(CCOC)c1C)Nc1ccc(OC)c(OCC)c1.I. The first-order valence-corrected chi connectivity index (χ1v) is 9.91. The average molecular weight is 531 g/mol. The van der Waals surface area contributed by atoms with Gasteiger partial charge >= 0.3 is 0 Å². The maximum Gasteiger partial charge on any atom is 0.196 e. The molecule has 1 heterocycles. The summed E-state index contributed by atoms with van der Waals surface area (Å²) in [5, 5.41) is 11.2. The van der Waals surface area contributed by atoms with Crippen molar-refractivity contribution in [1.29, 1.82) is 0 Å². The molecule has 2 aromatic rings. The quantitative estimate of drug-likeness (QED) is 0.276. The Morgan fingerprint density at radius 3 is 2.57 bits per heavy atom. The largest absolute Gasteiger partial charge is 0.493 e. The summed E-state index contributed by atoms with van der Waals surface area (Å²) in [6.07, 6.45) is 0. The Bertz CT molecular complexity index is 823. The van der Waals surface area contributed by atoms with Crippen LogP contribution >= 0.6 is 24.0 Å². The normalized spacial score (nSPS) is 11.1. The molecule has 168 valence electrons. The van der Waals surface area contributed by atoms with Crippen molar-refractivity contribution < 1.29 is 14.2 Å².